The van der Waals surface area contributed by atoms with Crippen molar-refractivity contribution in [3.8, 4) is 0 Å². The SMILES string of the molecule is O=C(NCC[C@H](O)C1CC1)NC(c1ccccc1)c1ccccc1. The second kappa shape index (κ2) is 7.97. The van der Waals surface area contributed by atoms with Crippen molar-refractivity contribution in [3.63, 3.8) is 0 Å². The Balaban J connectivity index is 1.60. The van der Waals surface area contributed by atoms with Crippen LogP contribution in [0.3, 0.4) is 0 Å². The molecular weight excluding hydrogens is 300 g/mol. The Bertz CT molecular complexity index is 602. The molecule has 0 saturated heterocycles. The highest BCUT2D eigenvalue weighted by molar-refractivity contribution is 5.75. The highest BCUT2D eigenvalue weighted by Crippen LogP contribution is 2.33. The van der Waals surface area contributed by atoms with Gasteiger partial charge in [-0.05, 0) is 36.3 Å². The fourth-order valence-electron chi connectivity index (χ4n) is 2.88. The minimum absolute atomic E-state index is 0.194. The zero-order valence-electron chi connectivity index (χ0n) is 13.7. The molecule has 1 atom stereocenters. The van der Waals surface area contributed by atoms with Crippen molar-refractivity contribution in [2.24, 2.45) is 5.92 Å². The molecule has 0 spiro atoms. The predicted octanol–water partition coefficient (Wildman–Crippen LogP) is 3.24. The zero-order valence-corrected chi connectivity index (χ0v) is 13.7. The van der Waals surface area contributed by atoms with Crippen LogP contribution < -0.4 is 10.6 Å². The Morgan fingerprint density at radius 1 is 1.00 bits per heavy atom. The van der Waals surface area contributed by atoms with Gasteiger partial charge in [0, 0.05) is 6.54 Å². The van der Waals surface area contributed by atoms with E-state index in [4.69, 9.17) is 0 Å². The molecule has 0 bridgehead atoms. The maximum atomic E-state index is 12.3. The van der Waals surface area contributed by atoms with E-state index in [1.165, 1.54) is 0 Å². The van der Waals surface area contributed by atoms with E-state index in [-0.39, 0.29) is 18.2 Å². The summed E-state index contributed by atoms with van der Waals surface area (Å²) in [7, 11) is 0. The summed E-state index contributed by atoms with van der Waals surface area (Å²) >= 11 is 0. The Labute approximate surface area is 142 Å². The molecule has 0 aliphatic heterocycles. The molecule has 0 unspecified atom stereocenters. The maximum absolute atomic E-state index is 12.3. The first kappa shape index (κ1) is 16.5. The zero-order chi connectivity index (χ0) is 16.8. The highest BCUT2D eigenvalue weighted by Gasteiger charge is 2.29. The van der Waals surface area contributed by atoms with E-state index in [1.54, 1.807) is 0 Å². The quantitative estimate of drug-likeness (QED) is 0.732. The molecule has 0 heterocycles. The monoisotopic (exact) mass is 324 g/mol. The maximum Gasteiger partial charge on any atom is 0.315 e. The van der Waals surface area contributed by atoms with E-state index in [0.717, 1.165) is 24.0 Å². The number of hydrogen-bond acceptors (Lipinski definition) is 2. The van der Waals surface area contributed by atoms with E-state index in [1.807, 2.05) is 60.7 Å². The van der Waals surface area contributed by atoms with Gasteiger partial charge in [0.05, 0.1) is 12.1 Å². The van der Waals surface area contributed by atoms with Gasteiger partial charge < -0.3 is 15.7 Å². The van der Waals surface area contributed by atoms with E-state index < -0.39 is 0 Å². The van der Waals surface area contributed by atoms with Crippen LogP contribution in [0.5, 0.6) is 0 Å². The lowest BCUT2D eigenvalue weighted by Gasteiger charge is -2.20. The lowest BCUT2D eigenvalue weighted by Crippen LogP contribution is -2.39. The van der Waals surface area contributed by atoms with Crippen molar-refractivity contribution < 1.29 is 9.90 Å². The molecule has 3 N–H and O–H groups in total. The summed E-state index contributed by atoms with van der Waals surface area (Å²) in [5.74, 6) is 0.441. The van der Waals surface area contributed by atoms with Crippen molar-refractivity contribution in [2.75, 3.05) is 6.54 Å². The van der Waals surface area contributed by atoms with E-state index in [9.17, 15) is 9.90 Å². The van der Waals surface area contributed by atoms with E-state index >= 15 is 0 Å². The smallest absolute Gasteiger partial charge is 0.315 e. The molecule has 0 aromatic heterocycles. The first-order valence-electron chi connectivity index (χ1n) is 8.56. The summed E-state index contributed by atoms with van der Waals surface area (Å²) in [4.78, 5) is 12.3. The number of urea groups is 1. The van der Waals surface area contributed by atoms with Crippen LogP contribution in [0.2, 0.25) is 0 Å². The van der Waals surface area contributed by atoms with Gasteiger partial charge >= 0.3 is 6.03 Å². The first-order valence-corrected chi connectivity index (χ1v) is 8.56. The van der Waals surface area contributed by atoms with Crippen LogP contribution in [0.25, 0.3) is 0 Å². The molecule has 1 aliphatic carbocycles. The second-order valence-electron chi connectivity index (χ2n) is 6.35. The van der Waals surface area contributed by atoms with Gasteiger partial charge in [-0.3, -0.25) is 0 Å². The molecular formula is C20H24N2O2. The minimum atomic E-state index is -0.288. The van der Waals surface area contributed by atoms with Crippen LogP contribution in [-0.4, -0.2) is 23.8 Å². The number of benzene rings is 2. The third-order valence-corrected chi connectivity index (χ3v) is 4.43. The van der Waals surface area contributed by atoms with Crippen molar-refractivity contribution in [1.82, 2.24) is 10.6 Å². The van der Waals surface area contributed by atoms with Gasteiger partial charge in [0.25, 0.3) is 0 Å². The van der Waals surface area contributed by atoms with Gasteiger partial charge in [-0.25, -0.2) is 4.79 Å². The summed E-state index contributed by atoms with van der Waals surface area (Å²) in [6, 6.07) is 19.4. The molecule has 0 radical (unpaired) electrons. The number of amides is 2. The van der Waals surface area contributed by atoms with Gasteiger partial charge in [0.15, 0.2) is 0 Å². The number of carbonyl (C=O) groups is 1. The molecule has 126 valence electrons. The van der Waals surface area contributed by atoms with Crippen molar-refractivity contribution in [3.05, 3.63) is 71.8 Å². The van der Waals surface area contributed by atoms with Crippen LogP contribution in [0.4, 0.5) is 4.79 Å². The third kappa shape index (κ3) is 4.59. The Morgan fingerprint density at radius 2 is 1.54 bits per heavy atom. The summed E-state index contributed by atoms with van der Waals surface area (Å²) in [6.45, 7) is 0.486. The van der Waals surface area contributed by atoms with Crippen LogP contribution in [0, 0.1) is 5.92 Å². The fourth-order valence-corrected chi connectivity index (χ4v) is 2.88. The number of carbonyl (C=O) groups excluding carboxylic acids is 1. The molecule has 1 fully saturated rings. The molecule has 1 saturated carbocycles. The molecule has 4 heteroatoms. The third-order valence-electron chi connectivity index (χ3n) is 4.43. The number of rotatable bonds is 7. The lowest BCUT2D eigenvalue weighted by atomic mass is 9.99. The van der Waals surface area contributed by atoms with Crippen LogP contribution in [-0.2, 0) is 0 Å². The molecule has 1 aliphatic rings. The standard InChI is InChI=1S/C20H24N2O2/c23-18(15-11-12-15)13-14-21-20(24)22-19(16-7-3-1-4-8-16)17-9-5-2-6-10-17/h1-10,15,18-19,23H,11-14H2,(H2,21,22,24)/t18-/m0/s1. The largest absolute Gasteiger partial charge is 0.393 e. The van der Waals surface area contributed by atoms with E-state index in [0.29, 0.717) is 18.9 Å². The van der Waals surface area contributed by atoms with Gasteiger partial charge in [-0.1, -0.05) is 60.7 Å². The topological polar surface area (TPSA) is 61.4 Å². The molecule has 4 nitrogen and oxygen atoms in total. The second-order valence-corrected chi connectivity index (χ2v) is 6.35. The minimum Gasteiger partial charge on any atom is -0.393 e. The normalized spacial score (nSPS) is 15.1. The van der Waals surface area contributed by atoms with Crippen LogP contribution in [0.15, 0.2) is 60.7 Å². The number of aliphatic hydroxyl groups excluding tert-OH is 1. The summed E-state index contributed by atoms with van der Waals surface area (Å²) in [5, 5.41) is 15.8. The lowest BCUT2D eigenvalue weighted by molar-refractivity contribution is 0.141. The summed E-state index contributed by atoms with van der Waals surface area (Å²) < 4.78 is 0. The number of aliphatic hydroxyl groups is 1. The molecule has 2 aromatic rings. The van der Waals surface area contributed by atoms with Gasteiger partial charge in [0.1, 0.15) is 0 Å². The Hall–Kier alpha value is -2.33. The van der Waals surface area contributed by atoms with Crippen molar-refractivity contribution in [1.29, 1.82) is 0 Å². The molecule has 3 rings (SSSR count). The average Bonchev–Trinajstić information content (AvgIpc) is 3.46. The fraction of sp³-hybridized carbons (Fsp3) is 0.350. The van der Waals surface area contributed by atoms with E-state index in [2.05, 4.69) is 10.6 Å². The predicted molar refractivity (Wildman–Crippen MR) is 94.6 cm³/mol. The van der Waals surface area contributed by atoms with Crippen molar-refractivity contribution in [2.45, 2.75) is 31.4 Å². The summed E-state index contributed by atoms with van der Waals surface area (Å²) in [6.07, 6.45) is 2.54. The van der Waals surface area contributed by atoms with Crippen LogP contribution >= 0.6 is 0 Å². The van der Waals surface area contributed by atoms with Gasteiger partial charge in [0.2, 0.25) is 0 Å². The molecule has 24 heavy (non-hydrogen) atoms. The molecule has 2 aromatic carbocycles. The number of hydrogen-bond donors (Lipinski definition) is 3. The Kier molecular flexibility index (Phi) is 5.49. The average molecular weight is 324 g/mol. The van der Waals surface area contributed by atoms with Crippen molar-refractivity contribution >= 4 is 6.03 Å². The van der Waals surface area contributed by atoms with Crippen LogP contribution in [0.1, 0.15) is 36.4 Å². The first-order chi connectivity index (χ1) is 11.7. The highest BCUT2D eigenvalue weighted by atomic mass is 16.3. The molecule has 2 amide bonds. The number of nitrogens with one attached hydrogen (secondary N) is 2. The van der Waals surface area contributed by atoms with Gasteiger partial charge in [-0.15, -0.1) is 0 Å². The summed E-state index contributed by atoms with van der Waals surface area (Å²) in [5.41, 5.74) is 2.08. The Morgan fingerprint density at radius 3 is 2.04 bits per heavy atom. The van der Waals surface area contributed by atoms with Gasteiger partial charge in [-0.2, -0.15) is 0 Å².